The number of carbonyl (C=O) groups excluding carboxylic acids is 1. The second-order valence-corrected chi connectivity index (χ2v) is 10.1. The van der Waals surface area contributed by atoms with Crippen molar-refractivity contribution in [3.63, 3.8) is 0 Å². The van der Waals surface area contributed by atoms with Crippen LogP contribution in [0.4, 0.5) is 13.2 Å². The quantitative estimate of drug-likeness (QED) is 0.343. The lowest BCUT2D eigenvalue weighted by Gasteiger charge is -2.57. The molecule has 10 heteroatoms. The average molecular weight is 508 g/mol. The molecule has 2 heterocycles. The zero-order chi connectivity index (χ0) is 26.6. The molecule has 0 aliphatic heterocycles. The lowest BCUT2D eigenvalue weighted by molar-refractivity contribution is -0.137. The maximum atomic E-state index is 13.6. The first-order valence-electron chi connectivity index (χ1n) is 11.7. The van der Waals surface area contributed by atoms with Gasteiger partial charge in [0.2, 0.25) is 5.88 Å². The highest BCUT2D eigenvalue weighted by atomic mass is 19.4. The van der Waals surface area contributed by atoms with Crippen LogP contribution >= 0.6 is 0 Å². The fourth-order valence-corrected chi connectivity index (χ4v) is 5.28. The monoisotopic (exact) mass is 507 g/mol. The van der Waals surface area contributed by atoms with Gasteiger partial charge in [0.15, 0.2) is 11.5 Å². The van der Waals surface area contributed by atoms with Gasteiger partial charge in [-0.05, 0) is 24.3 Å². The average Bonchev–Trinajstić information content (AvgIpc) is 3.28. The summed E-state index contributed by atoms with van der Waals surface area (Å²) < 4.78 is 48.3. The van der Waals surface area contributed by atoms with Crippen LogP contribution in [0.1, 0.15) is 43.6 Å². The Morgan fingerprint density at radius 2 is 1.57 bits per heavy atom. The molecule has 4 aromatic rings. The molecule has 0 unspecified atom stereocenters. The smallest absolute Gasteiger partial charge is 0.417 e. The van der Waals surface area contributed by atoms with Crippen LogP contribution in [0.5, 0.6) is 5.88 Å². The van der Waals surface area contributed by atoms with Crippen molar-refractivity contribution >= 4 is 17.3 Å². The van der Waals surface area contributed by atoms with Gasteiger partial charge in [-0.3, -0.25) is 4.79 Å². The van der Waals surface area contributed by atoms with E-state index in [2.05, 4.69) is 20.3 Å². The van der Waals surface area contributed by atoms with Crippen molar-refractivity contribution in [2.45, 2.75) is 40.0 Å². The van der Waals surface area contributed by atoms with Crippen LogP contribution in [0.3, 0.4) is 0 Å². The van der Waals surface area contributed by atoms with Gasteiger partial charge >= 0.3 is 6.18 Å². The number of halogens is 3. The minimum Gasteiger partial charge on any atom is -0.471 e. The summed E-state index contributed by atoms with van der Waals surface area (Å²) in [5, 5.41) is 12.4. The Hall–Kier alpha value is -4.08. The Labute approximate surface area is 211 Å². The zero-order valence-corrected chi connectivity index (χ0v) is 20.6. The van der Waals surface area contributed by atoms with E-state index in [1.807, 2.05) is 33.8 Å². The number of amides is 1. The van der Waals surface area contributed by atoms with Crippen LogP contribution in [0.25, 0.3) is 17.0 Å². The van der Waals surface area contributed by atoms with Gasteiger partial charge in [-0.25, -0.2) is 4.99 Å². The molecule has 2 aromatic carbocycles. The van der Waals surface area contributed by atoms with Crippen LogP contribution < -0.4 is 4.74 Å². The largest absolute Gasteiger partial charge is 0.471 e. The van der Waals surface area contributed by atoms with Crippen LogP contribution in [-0.4, -0.2) is 37.5 Å². The zero-order valence-electron chi connectivity index (χ0n) is 20.6. The molecular formula is C27H24F3N5O2. The van der Waals surface area contributed by atoms with Gasteiger partial charge in [0, 0.05) is 33.7 Å². The molecular weight excluding hydrogens is 483 g/mol. The molecule has 1 aliphatic carbocycles. The number of aromatic nitrogens is 4. The molecule has 0 spiro atoms. The third kappa shape index (κ3) is 4.16. The second-order valence-electron chi connectivity index (χ2n) is 10.1. The second kappa shape index (κ2) is 8.50. The number of hydrogen-bond acceptors (Lipinski definition) is 5. The SMILES string of the molecule is CC1(C)C(=NC(=O)c2ccccc2)C(C)(C)C1Oc1ccc2nnc(-c3ccccc3C(F)(F)F)n2n1. The lowest BCUT2D eigenvalue weighted by atomic mass is 9.51. The van der Waals surface area contributed by atoms with Crippen LogP contribution in [-0.2, 0) is 6.18 Å². The molecule has 0 N–H and O–H groups in total. The Kier molecular flexibility index (Phi) is 5.65. The molecule has 2 aromatic heterocycles. The van der Waals surface area contributed by atoms with E-state index in [0.29, 0.717) is 11.3 Å². The van der Waals surface area contributed by atoms with Crippen molar-refractivity contribution < 1.29 is 22.7 Å². The van der Waals surface area contributed by atoms with Crippen molar-refractivity contribution in [3.8, 4) is 17.3 Å². The third-order valence-corrected chi connectivity index (χ3v) is 6.72. The highest BCUT2D eigenvalue weighted by Gasteiger charge is 2.61. The van der Waals surface area contributed by atoms with E-state index in [1.54, 1.807) is 36.4 Å². The summed E-state index contributed by atoms with van der Waals surface area (Å²) in [5.41, 5.74) is -0.677. The summed E-state index contributed by atoms with van der Waals surface area (Å²) in [6.07, 6.45) is -4.97. The molecule has 0 bridgehead atoms. The first-order valence-corrected chi connectivity index (χ1v) is 11.7. The van der Waals surface area contributed by atoms with Gasteiger partial charge in [-0.1, -0.05) is 64.1 Å². The maximum absolute atomic E-state index is 13.6. The Morgan fingerprint density at radius 1 is 0.919 bits per heavy atom. The Balaban J connectivity index is 1.47. The van der Waals surface area contributed by atoms with E-state index in [1.165, 1.54) is 22.7 Å². The van der Waals surface area contributed by atoms with E-state index < -0.39 is 28.7 Å². The molecule has 1 fully saturated rings. The predicted octanol–water partition coefficient (Wildman–Crippen LogP) is 5.90. The van der Waals surface area contributed by atoms with Crippen LogP contribution in [0.15, 0.2) is 71.7 Å². The lowest BCUT2D eigenvalue weighted by Crippen LogP contribution is -2.67. The molecule has 0 radical (unpaired) electrons. The number of benzene rings is 2. The van der Waals surface area contributed by atoms with Gasteiger partial charge in [0.1, 0.15) is 6.10 Å². The normalized spacial score (nSPS) is 18.4. The van der Waals surface area contributed by atoms with Crippen molar-refractivity contribution in [2.75, 3.05) is 0 Å². The highest BCUT2D eigenvalue weighted by molar-refractivity contribution is 6.11. The molecule has 7 nitrogen and oxygen atoms in total. The Bertz CT molecular complexity index is 1510. The minimum absolute atomic E-state index is 0.0452. The summed E-state index contributed by atoms with van der Waals surface area (Å²) in [6.45, 7) is 7.73. The number of alkyl halides is 3. The summed E-state index contributed by atoms with van der Waals surface area (Å²) in [7, 11) is 0. The van der Waals surface area contributed by atoms with Crippen LogP contribution in [0, 0.1) is 10.8 Å². The molecule has 1 saturated carbocycles. The highest BCUT2D eigenvalue weighted by Crippen LogP contribution is 2.53. The Morgan fingerprint density at radius 3 is 2.24 bits per heavy atom. The van der Waals surface area contributed by atoms with Gasteiger partial charge in [-0.2, -0.15) is 17.7 Å². The summed E-state index contributed by atoms with van der Waals surface area (Å²) in [5.74, 6) is -0.180. The first kappa shape index (κ1) is 24.6. The summed E-state index contributed by atoms with van der Waals surface area (Å²) in [4.78, 5) is 17.2. The minimum atomic E-state index is -4.57. The van der Waals surface area contributed by atoms with Gasteiger partial charge < -0.3 is 4.74 Å². The standard InChI is InChI=1S/C27H24F3N5O2/c1-25(2)23(31-22(36)16-10-6-5-7-11-16)26(3,4)24(25)37-20-15-14-19-32-33-21(35(19)34-20)17-12-8-9-13-18(17)27(28,29)30/h5-15,24H,1-4H3. The van der Waals surface area contributed by atoms with E-state index in [9.17, 15) is 18.0 Å². The van der Waals surface area contributed by atoms with Gasteiger partial charge in [0.25, 0.3) is 5.91 Å². The first-order chi connectivity index (χ1) is 17.4. The molecule has 1 aliphatic rings. The number of carbonyl (C=O) groups is 1. The third-order valence-electron chi connectivity index (χ3n) is 6.72. The molecule has 190 valence electrons. The fraction of sp³-hybridized carbons (Fsp3) is 0.296. The number of rotatable bonds is 4. The summed E-state index contributed by atoms with van der Waals surface area (Å²) >= 11 is 0. The van der Waals surface area contributed by atoms with Crippen molar-refractivity contribution in [2.24, 2.45) is 15.8 Å². The maximum Gasteiger partial charge on any atom is 0.417 e. The van der Waals surface area contributed by atoms with Gasteiger partial charge in [0.05, 0.1) is 5.56 Å². The molecule has 5 rings (SSSR count). The fourth-order valence-electron chi connectivity index (χ4n) is 5.28. The number of fused-ring (bicyclic) bond motifs is 1. The summed E-state index contributed by atoms with van der Waals surface area (Å²) in [6, 6.07) is 17.2. The van der Waals surface area contributed by atoms with E-state index in [0.717, 1.165) is 6.07 Å². The molecule has 0 atom stereocenters. The molecule has 1 amide bonds. The number of hydrogen-bond donors (Lipinski definition) is 0. The van der Waals surface area contributed by atoms with E-state index in [-0.39, 0.29) is 28.8 Å². The topological polar surface area (TPSA) is 81.7 Å². The number of nitrogens with zero attached hydrogens (tertiary/aromatic N) is 5. The van der Waals surface area contributed by atoms with Gasteiger partial charge in [-0.15, -0.1) is 15.3 Å². The van der Waals surface area contributed by atoms with Crippen LogP contribution in [0.2, 0.25) is 0 Å². The van der Waals surface area contributed by atoms with E-state index in [4.69, 9.17) is 4.74 Å². The number of aliphatic imine (C=N–C) groups is 1. The molecule has 37 heavy (non-hydrogen) atoms. The van der Waals surface area contributed by atoms with Crippen molar-refractivity contribution in [3.05, 3.63) is 77.9 Å². The predicted molar refractivity (Wildman–Crippen MR) is 131 cm³/mol. The molecule has 0 saturated heterocycles. The van der Waals surface area contributed by atoms with Crippen molar-refractivity contribution in [1.29, 1.82) is 0 Å². The number of ether oxygens (including phenoxy) is 1. The van der Waals surface area contributed by atoms with E-state index >= 15 is 0 Å². The van der Waals surface area contributed by atoms with Crippen molar-refractivity contribution in [1.82, 2.24) is 19.8 Å².